The molecule has 0 unspecified atom stereocenters. The second-order valence-electron chi connectivity index (χ2n) is 38.7. The lowest BCUT2D eigenvalue weighted by molar-refractivity contribution is 0.304. The van der Waals surface area contributed by atoms with E-state index in [-0.39, 0.29) is 0 Å². The average molecular weight is 1810 g/mol. The van der Waals surface area contributed by atoms with Crippen LogP contribution in [-0.4, -0.2) is 66.3 Å². The normalized spacial score (nSPS) is 12.2. The van der Waals surface area contributed by atoms with Crippen LogP contribution in [0.2, 0.25) is 0 Å². The molecule has 16 bridgehead atoms. The predicted octanol–water partition coefficient (Wildman–Crippen LogP) is 36.8. The molecule has 10 heterocycles. The average Bonchev–Trinajstić information content (AvgIpc) is 1.53. The Morgan fingerprint density at radius 1 is 0.206 bits per heavy atom. The number of hydrogen-bond acceptors (Lipinski definition) is 8. The number of ether oxygens (including phenoxy) is 4. The van der Waals surface area contributed by atoms with Gasteiger partial charge in [0.05, 0.1) is 82.3 Å². The zero-order valence-electron chi connectivity index (χ0n) is 81.5. The molecule has 0 radical (unpaired) electrons. The minimum absolute atomic E-state index is 0.671. The summed E-state index contributed by atoms with van der Waals surface area (Å²) in [5, 5.41) is 5.92. The zero-order chi connectivity index (χ0) is 92.4. The van der Waals surface area contributed by atoms with Gasteiger partial charge < -0.3 is 38.9 Å². The molecule has 0 spiro atoms. The Hall–Kier alpha value is -12.3. The van der Waals surface area contributed by atoms with Crippen LogP contribution in [0.3, 0.4) is 0 Å². The Kier molecular flexibility index (Phi) is 32.8. The Bertz CT molecular complexity index is 6420. The van der Waals surface area contributed by atoms with Crippen LogP contribution in [0.25, 0.3) is 190 Å². The molecule has 12 nitrogen and oxygen atoms in total. The monoisotopic (exact) mass is 1810 g/mol. The molecular formula is C124H142N8O4. The van der Waals surface area contributed by atoms with E-state index in [2.05, 4.69) is 278 Å². The van der Waals surface area contributed by atoms with Crippen LogP contribution in [-0.2, 0) is 0 Å². The van der Waals surface area contributed by atoms with Crippen molar-refractivity contribution in [1.29, 1.82) is 0 Å². The maximum atomic E-state index is 6.64. The van der Waals surface area contributed by atoms with Crippen LogP contribution in [0.15, 0.2) is 206 Å². The number of hydrogen-bond donors (Lipinski definition) is 4. The Balaban J connectivity index is 0.852. The molecule has 2 aliphatic rings. The molecule has 2 aliphatic heterocycles. The van der Waals surface area contributed by atoms with Crippen molar-refractivity contribution in [3.63, 3.8) is 0 Å². The number of rotatable bonds is 54. The first-order valence-electron chi connectivity index (χ1n) is 52.9. The van der Waals surface area contributed by atoms with Crippen molar-refractivity contribution in [3.8, 4) is 89.8 Å². The minimum atomic E-state index is 0.671. The molecule has 0 aliphatic carbocycles. The summed E-state index contributed by atoms with van der Waals surface area (Å²) in [5.74, 6) is 3.41. The summed E-state index contributed by atoms with van der Waals surface area (Å²) in [7, 11) is 0. The lowest BCUT2D eigenvalue weighted by Gasteiger charge is -2.09. The SMILES string of the molecule is CCCCCCCCCCCCOc1ccc(-c2c3nc(c(-c4ccccc4)c4ccc([nH]4)c(-c4ccc(OCCCCCCCCCCCC)cc4)c4cc5c6cc7[nH]c6c6c8nc(cc8c8cc2[nH]c8c6c5n4)c(-c2ccc(OCCCCCCCCCCCC)cc2)c2ccc([nH]2)c(-c2ccccc2)c2nc(c7-c4ccc(OCCCCCCCCCCCC)cc4)C=C2)C=C3)cc1. The Morgan fingerprint density at radius 2 is 0.441 bits per heavy atom. The van der Waals surface area contributed by atoms with E-state index in [1.54, 1.807) is 0 Å². The van der Waals surface area contributed by atoms with Crippen molar-refractivity contribution in [2.24, 2.45) is 0 Å². The lowest BCUT2D eigenvalue weighted by Crippen LogP contribution is -1.97. The van der Waals surface area contributed by atoms with Crippen molar-refractivity contribution in [2.45, 2.75) is 285 Å². The third-order valence-corrected chi connectivity index (χ3v) is 28.5. The summed E-state index contributed by atoms with van der Waals surface area (Å²) >= 11 is 0. The van der Waals surface area contributed by atoms with E-state index in [0.717, 1.165) is 262 Å². The van der Waals surface area contributed by atoms with Gasteiger partial charge in [0, 0.05) is 98.8 Å². The predicted molar refractivity (Wildman–Crippen MR) is 579 cm³/mol. The molecule has 0 saturated carbocycles. The fraction of sp³-hybridized carbons (Fsp3) is 0.387. The van der Waals surface area contributed by atoms with Crippen LogP contribution in [0.5, 0.6) is 23.0 Å². The number of nitrogens with one attached hydrogen (secondary N) is 4. The molecule has 8 aromatic heterocycles. The number of H-pyrrole nitrogens is 4. The van der Waals surface area contributed by atoms with Gasteiger partial charge in [0.25, 0.3) is 0 Å². The lowest BCUT2D eigenvalue weighted by atomic mass is 9.97. The van der Waals surface area contributed by atoms with E-state index in [1.807, 2.05) is 0 Å². The van der Waals surface area contributed by atoms with Gasteiger partial charge >= 0.3 is 0 Å². The highest BCUT2D eigenvalue weighted by atomic mass is 16.5. The molecule has 0 atom stereocenters. The first kappa shape index (κ1) is 94.1. The van der Waals surface area contributed by atoms with Crippen LogP contribution >= 0.6 is 0 Å². The minimum Gasteiger partial charge on any atom is -0.494 e. The van der Waals surface area contributed by atoms with E-state index in [0.29, 0.717) is 26.4 Å². The first-order chi connectivity index (χ1) is 67.4. The number of aromatic nitrogens is 8. The van der Waals surface area contributed by atoms with E-state index < -0.39 is 0 Å². The fourth-order valence-corrected chi connectivity index (χ4v) is 21.1. The first-order valence-corrected chi connectivity index (χ1v) is 52.9. The third-order valence-electron chi connectivity index (χ3n) is 28.5. The van der Waals surface area contributed by atoms with Crippen LogP contribution < -0.4 is 18.9 Å². The zero-order valence-corrected chi connectivity index (χ0v) is 81.5. The van der Waals surface area contributed by atoms with Gasteiger partial charge in [-0.1, -0.05) is 368 Å². The van der Waals surface area contributed by atoms with E-state index >= 15 is 0 Å². The van der Waals surface area contributed by atoms with Crippen molar-refractivity contribution in [3.05, 3.63) is 229 Å². The van der Waals surface area contributed by atoms with Gasteiger partial charge in [-0.05, 0) is 180 Å². The molecule has 16 aromatic rings. The molecular weight excluding hydrogens is 1670 g/mol. The van der Waals surface area contributed by atoms with E-state index in [4.69, 9.17) is 38.9 Å². The summed E-state index contributed by atoms with van der Waals surface area (Å²) in [6, 6.07) is 75.0. The van der Waals surface area contributed by atoms with Gasteiger partial charge in [-0.25, -0.2) is 19.9 Å². The second-order valence-corrected chi connectivity index (χ2v) is 38.7. The van der Waals surface area contributed by atoms with Crippen LogP contribution in [0.1, 0.15) is 307 Å². The maximum absolute atomic E-state index is 6.64. The molecule has 12 heteroatoms. The van der Waals surface area contributed by atoms with E-state index in [9.17, 15) is 0 Å². The van der Waals surface area contributed by atoms with Gasteiger partial charge in [0.1, 0.15) is 23.0 Å². The molecule has 18 rings (SSSR count). The number of unbranched alkanes of at least 4 members (excludes halogenated alkanes) is 36. The molecule has 702 valence electrons. The smallest absolute Gasteiger partial charge is 0.119 e. The standard InChI is InChI=1S/C124H142N8O4/c1-5-9-13-17-21-25-29-33-37-47-79-133-93-63-55-89(56-64-93)115-105-75-71-101(125-105)113(87-51-43-41-44-52-87)102-72-76-106(126-102)117(91-59-67-95(68-60-91)135-81-49-39-35-31-27-23-19-15-11-7-3)111-85-99-100-86-112-118(92-61-69-96(70-62-92)136-82-50-40-36-32-28-24-20-16-12-8-4)108-78-74-104(128-108)114(88-53-45-42-46-54-88)103-73-77-107(127-103)116(90-57-65-94(66-58-90)134-80-48-38-34-30-26-22-18-14-10-6-2)110-84-98-97-83-109(115)129-121(97)119(123(99)131-111)120(122(98)130-110)124(100)132-112/h41-46,51-78,83-86,125,128,130-131H,5-40,47-50,79-82H2,1-4H3. The quantitative estimate of drug-likeness (QED) is 0.0275. The second kappa shape index (κ2) is 47.5. The van der Waals surface area contributed by atoms with Crippen LogP contribution in [0, 0.1) is 0 Å². The maximum Gasteiger partial charge on any atom is 0.119 e. The van der Waals surface area contributed by atoms with Crippen molar-refractivity contribution < 1.29 is 18.9 Å². The molecule has 0 amide bonds. The van der Waals surface area contributed by atoms with Crippen LogP contribution in [0.4, 0.5) is 0 Å². The highest BCUT2D eigenvalue weighted by Crippen LogP contribution is 2.50. The summed E-state index contributed by atoms with van der Waals surface area (Å²) in [4.78, 5) is 41.0. The Labute approximate surface area is 806 Å². The largest absolute Gasteiger partial charge is 0.494 e. The number of fused-ring (bicyclic) bond motifs is 14. The molecule has 0 fully saturated rings. The van der Waals surface area contributed by atoms with Gasteiger partial charge in [0.15, 0.2) is 0 Å². The van der Waals surface area contributed by atoms with E-state index in [1.165, 1.54) is 205 Å². The van der Waals surface area contributed by atoms with Gasteiger partial charge in [0.2, 0.25) is 0 Å². The molecule has 4 N–H and O–H groups in total. The van der Waals surface area contributed by atoms with Crippen molar-refractivity contribution in [1.82, 2.24) is 39.9 Å². The summed E-state index contributed by atoms with van der Waals surface area (Å²) in [6.07, 6.45) is 59.7. The summed E-state index contributed by atoms with van der Waals surface area (Å²) in [5.41, 5.74) is 26.0. The molecule has 8 aromatic carbocycles. The molecule has 0 saturated heterocycles. The number of benzene rings is 8. The topological polar surface area (TPSA) is 152 Å². The number of aromatic amines is 4. The Morgan fingerprint density at radius 3 is 0.713 bits per heavy atom. The van der Waals surface area contributed by atoms with Crippen molar-refractivity contribution in [2.75, 3.05) is 26.4 Å². The third kappa shape index (κ3) is 22.7. The fourth-order valence-electron chi connectivity index (χ4n) is 21.1. The molecule has 136 heavy (non-hydrogen) atoms. The van der Waals surface area contributed by atoms with Gasteiger partial charge in [-0.15, -0.1) is 0 Å². The number of nitrogens with zero attached hydrogens (tertiary/aromatic N) is 4. The highest BCUT2D eigenvalue weighted by molar-refractivity contribution is 6.39. The van der Waals surface area contributed by atoms with Gasteiger partial charge in [-0.3, -0.25) is 0 Å². The summed E-state index contributed by atoms with van der Waals surface area (Å²) < 4.78 is 26.6. The highest BCUT2D eigenvalue weighted by Gasteiger charge is 2.28. The van der Waals surface area contributed by atoms with Crippen molar-refractivity contribution >= 4 is 123 Å². The summed E-state index contributed by atoms with van der Waals surface area (Å²) in [6.45, 7) is 11.9. The van der Waals surface area contributed by atoms with Gasteiger partial charge in [-0.2, -0.15) is 0 Å².